The highest BCUT2D eigenvalue weighted by molar-refractivity contribution is 5.99. The van der Waals surface area contributed by atoms with Crippen molar-refractivity contribution in [1.82, 2.24) is 25.3 Å². The van der Waals surface area contributed by atoms with E-state index in [0.717, 1.165) is 0 Å². The van der Waals surface area contributed by atoms with E-state index in [9.17, 15) is 22.8 Å². The molecule has 2 heterocycles. The Bertz CT molecular complexity index is 1410. The molecule has 4 rings (SSSR count). The maximum atomic E-state index is 13.1. The number of benzene rings is 1. The van der Waals surface area contributed by atoms with Crippen LogP contribution in [0.15, 0.2) is 36.7 Å². The zero-order chi connectivity index (χ0) is 29.2. The van der Waals surface area contributed by atoms with Gasteiger partial charge in [0.2, 0.25) is 5.91 Å². The first-order valence-corrected chi connectivity index (χ1v) is 11.3. The van der Waals surface area contributed by atoms with Crippen LogP contribution in [0.5, 0.6) is 5.75 Å². The third-order valence-corrected chi connectivity index (χ3v) is 5.43. The number of hydrogen-bond donors (Lipinski definition) is 3. The Labute approximate surface area is 214 Å². The molecule has 37 heavy (non-hydrogen) atoms. The molecule has 0 saturated heterocycles. The molecule has 3 aromatic rings. The van der Waals surface area contributed by atoms with E-state index in [4.69, 9.17) is 8.85 Å². The van der Waals surface area contributed by atoms with Gasteiger partial charge in [-0.1, -0.05) is 6.07 Å². The molecule has 13 heteroatoms. The zero-order valence-corrected chi connectivity index (χ0v) is 19.9. The lowest BCUT2D eigenvalue weighted by Crippen LogP contribution is -2.23. The molecule has 1 aliphatic rings. The fourth-order valence-corrected chi connectivity index (χ4v) is 3.35. The van der Waals surface area contributed by atoms with Crippen LogP contribution in [-0.4, -0.2) is 51.6 Å². The van der Waals surface area contributed by atoms with E-state index in [-0.39, 0.29) is 40.8 Å². The molecule has 0 unspecified atom stereocenters. The number of anilines is 3. The molecule has 1 aliphatic carbocycles. The van der Waals surface area contributed by atoms with Crippen molar-refractivity contribution in [3.05, 3.63) is 42.4 Å². The Morgan fingerprint density at radius 1 is 1.19 bits per heavy atom. The molecular weight excluding hydrogens is 491 g/mol. The summed E-state index contributed by atoms with van der Waals surface area (Å²) in [6, 6.07) is 5.71. The van der Waals surface area contributed by atoms with Gasteiger partial charge in [-0.15, -0.1) is 10.2 Å². The SMILES string of the molecule is [2H]C([2H])([2H])NC(=O)c1nnc(NC(=O)C2CC2)cc1Nc1ccc(-c2cnn(C(C)C)c2)cc1OCC(F)(F)F. The smallest absolute Gasteiger partial charge is 0.422 e. The standard InChI is InChI=1S/C24H26F3N7O3/c1-13(2)34-11-16(10-29-34)15-6-7-17(19(8-15)37-12-24(25,26)27)30-18-9-20(31-22(35)14-4-5-14)32-33-21(18)23(36)28-3/h6-11,13-14H,4-5,12H2,1-3H3,(H,28,36)(H2,30,31,32,35)/i3D3. The second kappa shape index (κ2) is 10.4. The molecule has 196 valence electrons. The normalized spacial score (nSPS) is 14.9. The van der Waals surface area contributed by atoms with Crippen molar-refractivity contribution in [3.63, 3.8) is 0 Å². The second-order valence-corrected chi connectivity index (χ2v) is 8.75. The first-order chi connectivity index (χ1) is 18.7. The monoisotopic (exact) mass is 520 g/mol. The first-order valence-electron chi connectivity index (χ1n) is 12.8. The molecule has 0 aliphatic heterocycles. The molecule has 3 N–H and O–H groups in total. The summed E-state index contributed by atoms with van der Waals surface area (Å²) in [5.41, 5.74) is 0.565. The van der Waals surface area contributed by atoms with Crippen molar-refractivity contribution in [2.24, 2.45) is 5.92 Å². The topological polar surface area (TPSA) is 123 Å². The number of aromatic nitrogens is 4. The van der Waals surface area contributed by atoms with Crippen LogP contribution in [0, 0.1) is 5.92 Å². The fourth-order valence-electron chi connectivity index (χ4n) is 3.35. The van der Waals surface area contributed by atoms with Crippen LogP contribution in [0.4, 0.5) is 30.4 Å². The van der Waals surface area contributed by atoms with Gasteiger partial charge < -0.3 is 20.7 Å². The summed E-state index contributed by atoms with van der Waals surface area (Å²) in [6.45, 7) is -0.602. The number of halogens is 3. The number of ether oxygens (including phenoxy) is 1. The average molecular weight is 521 g/mol. The fraction of sp³-hybridized carbons (Fsp3) is 0.375. The van der Waals surface area contributed by atoms with Crippen LogP contribution in [0.25, 0.3) is 11.1 Å². The van der Waals surface area contributed by atoms with E-state index in [1.807, 2.05) is 13.8 Å². The molecule has 0 radical (unpaired) electrons. The summed E-state index contributed by atoms with van der Waals surface area (Å²) in [5, 5.41) is 19.0. The van der Waals surface area contributed by atoms with Crippen LogP contribution in [0.2, 0.25) is 0 Å². The van der Waals surface area contributed by atoms with E-state index in [2.05, 4.69) is 25.9 Å². The lowest BCUT2D eigenvalue weighted by molar-refractivity contribution is -0.153. The van der Waals surface area contributed by atoms with Gasteiger partial charge in [-0.2, -0.15) is 18.3 Å². The lowest BCUT2D eigenvalue weighted by Gasteiger charge is -2.17. The summed E-state index contributed by atoms with van der Waals surface area (Å²) < 4.78 is 67.9. The van der Waals surface area contributed by atoms with Crippen molar-refractivity contribution in [2.45, 2.75) is 38.9 Å². The molecule has 2 amide bonds. The minimum Gasteiger partial charge on any atom is -0.482 e. The number of alkyl halides is 3. The minimum atomic E-state index is -4.64. The Morgan fingerprint density at radius 3 is 2.62 bits per heavy atom. The van der Waals surface area contributed by atoms with E-state index in [0.29, 0.717) is 24.0 Å². The summed E-state index contributed by atoms with van der Waals surface area (Å²) in [5.74, 6) is -1.85. The van der Waals surface area contributed by atoms with Crippen molar-refractivity contribution < 1.29 is 31.6 Å². The first kappa shape index (κ1) is 22.1. The van der Waals surface area contributed by atoms with Crippen LogP contribution in [0.3, 0.4) is 0 Å². The van der Waals surface area contributed by atoms with Gasteiger partial charge in [-0.05, 0) is 44.4 Å². The second-order valence-electron chi connectivity index (χ2n) is 8.75. The van der Waals surface area contributed by atoms with Gasteiger partial charge in [0, 0.05) is 40.9 Å². The third-order valence-electron chi connectivity index (χ3n) is 5.43. The average Bonchev–Trinajstić information content (AvgIpc) is 3.58. The van der Waals surface area contributed by atoms with Crippen molar-refractivity contribution >= 4 is 29.0 Å². The lowest BCUT2D eigenvalue weighted by atomic mass is 10.1. The Balaban J connectivity index is 1.72. The highest BCUT2D eigenvalue weighted by atomic mass is 19.4. The van der Waals surface area contributed by atoms with E-state index >= 15 is 0 Å². The molecule has 10 nitrogen and oxygen atoms in total. The van der Waals surface area contributed by atoms with Gasteiger partial charge in [0.25, 0.3) is 5.91 Å². The highest BCUT2D eigenvalue weighted by Crippen LogP contribution is 2.35. The van der Waals surface area contributed by atoms with Gasteiger partial charge in [0.1, 0.15) is 5.75 Å². The van der Waals surface area contributed by atoms with Crippen LogP contribution in [-0.2, 0) is 4.79 Å². The number of hydrogen-bond acceptors (Lipinski definition) is 7. The van der Waals surface area contributed by atoms with Crippen molar-refractivity contribution in [3.8, 4) is 16.9 Å². The maximum absolute atomic E-state index is 13.1. The molecule has 1 fully saturated rings. The largest absolute Gasteiger partial charge is 0.482 e. The van der Waals surface area contributed by atoms with E-state index in [1.165, 1.54) is 18.2 Å². The van der Waals surface area contributed by atoms with Crippen LogP contribution < -0.4 is 20.7 Å². The number of rotatable bonds is 9. The minimum absolute atomic E-state index is 0.0136. The summed E-state index contributed by atoms with van der Waals surface area (Å²) >= 11 is 0. The summed E-state index contributed by atoms with van der Waals surface area (Å²) in [6.07, 6.45) is 0.0882. The Morgan fingerprint density at radius 2 is 1.97 bits per heavy atom. The van der Waals surface area contributed by atoms with Gasteiger partial charge in [-0.25, -0.2) is 0 Å². The predicted molar refractivity (Wildman–Crippen MR) is 130 cm³/mol. The Hall–Kier alpha value is -4.16. The van der Waals surface area contributed by atoms with Gasteiger partial charge in [0.05, 0.1) is 17.6 Å². The van der Waals surface area contributed by atoms with Gasteiger partial charge >= 0.3 is 6.18 Å². The van der Waals surface area contributed by atoms with E-state index in [1.54, 1.807) is 28.5 Å². The van der Waals surface area contributed by atoms with Gasteiger partial charge in [0.15, 0.2) is 18.1 Å². The number of amides is 2. The van der Waals surface area contributed by atoms with Crippen molar-refractivity contribution in [2.75, 3.05) is 24.2 Å². The molecule has 0 atom stereocenters. The number of carbonyl (C=O) groups is 2. The van der Waals surface area contributed by atoms with Gasteiger partial charge in [-0.3, -0.25) is 14.3 Å². The third kappa shape index (κ3) is 6.54. The maximum Gasteiger partial charge on any atom is 0.422 e. The predicted octanol–water partition coefficient (Wildman–Crippen LogP) is 4.31. The van der Waals surface area contributed by atoms with Crippen LogP contribution in [0.1, 0.15) is 47.3 Å². The number of nitrogens with one attached hydrogen (secondary N) is 3. The molecule has 0 spiro atoms. The number of nitrogens with zero attached hydrogens (tertiary/aromatic N) is 4. The van der Waals surface area contributed by atoms with Crippen LogP contribution >= 0.6 is 0 Å². The molecule has 1 saturated carbocycles. The quantitative estimate of drug-likeness (QED) is 0.384. The molecular formula is C24H26F3N7O3. The van der Waals surface area contributed by atoms with E-state index < -0.39 is 31.4 Å². The Kier molecular flexibility index (Phi) is 6.23. The summed E-state index contributed by atoms with van der Waals surface area (Å²) in [4.78, 5) is 24.9. The molecule has 1 aromatic carbocycles. The zero-order valence-electron chi connectivity index (χ0n) is 22.9. The number of carbonyl (C=O) groups excluding carboxylic acids is 2. The molecule has 0 bridgehead atoms. The van der Waals surface area contributed by atoms with Crippen molar-refractivity contribution in [1.29, 1.82) is 0 Å². The highest BCUT2D eigenvalue weighted by Gasteiger charge is 2.31. The molecule has 2 aromatic heterocycles. The summed E-state index contributed by atoms with van der Waals surface area (Å²) in [7, 11) is 0.